The van der Waals surface area contributed by atoms with Gasteiger partial charge in [-0.05, 0) is 159 Å². The fourth-order valence-corrected chi connectivity index (χ4v) is 7.73. The molecular weight excluding hydrogens is 1290 g/mol. The van der Waals surface area contributed by atoms with Gasteiger partial charge in [-0.2, -0.15) is 0 Å². The van der Waals surface area contributed by atoms with Gasteiger partial charge in [0.25, 0.3) is 0 Å². The number of esters is 14. The minimum atomic E-state index is -0.932. The Bertz CT molecular complexity index is 3840. The van der Waals surface area contributed by atoms with E-state index in [1.165, 1.54) is 159 Å². The van der Waals surface area contributed by atoms with E-state index >= 15 is 0 Å². The Morgan fingerprint density at radius 3 is 0.463 bits per heavy atom. The molecule has 0 N–H and O–H groups in total. The molecule has 95 heavy (non-hydrogen) atoms. The second-order valence-corrected chi connectivity index (χ2v) is 20.3. The van der Waals surface area contributed by atoms with Crippen LogP contribution in [0, 0.1) is 0 Å². The molecule has 0 radical (unpaired) electrons. The predicted molar refractivity (Wildman–Crippen MR) is 324 cm³/mol. The molecule has 0 heterocycles. The molecule has 0 aromatic heterocycles. The summed E-state index contributed by atoms with van der Waals surface area (Å²) in [4.78, 5) is 172. The Morgan fingerprint density at radius 1 is 0.221 bits per heavy atom. The maximum atomic E-state index is 12.6. The highest BCUT2D eigenvalue weighted by Gasteiger charge is 2.20. The molecule has 28 nitrogen and oxygen atoms in total. The summed E-state index contributed by atoms with van der Waals surface area (Å²) in [7, 11) is 0. The standard InChI is InChI=1S/C65H52O28S2/c1-38(2)52(66)80-29-82-54(68)40-5-7-41(8-6-40)56(70)84-31-85-57(71)42-9-11-43(12-10-42)58(72)86-32-87-59(73)44-13-15-45(16-14-44)60(74)88-33-89-61(75)47-19-23-49(24-20-47)63(77)91-35-95-37-93-65(79)51-27-25-50(26-28-51)64(78)92-36-94-34-90-62(76)48-21-17-46(18-22-48)55(69)83-30-81-53(67)39(3)4/h5-28H,1,3,29-37H2,2,4H3. The zero-order valence-corrected chi connectivity index (χ0v) is 51.5. The van der Waals surface area contributed by atoms with Gasteiger partial charge in [-0.15, -0.1) is 0 Å². The number of carbonyl (C=O) groups is 14. The number of benzene rings is 6. The lowest BCUT2D eigenvalue weighted by Gasteiger charge is -2.09. The Balaban J connectivity index is 0.782. The van der Waals surface area contributed by atoms with E-state index in [0.29, 0.717) is 0 Å². The third kappa shape index (κ3) is 23.4. The van der Waals surface area contributed by atoms with Crippen molar-refractivity contribution in [3.63, 3.8) is 0 Å². The summed E-state index contributed by atoms with van der Waals surface area (Å²) in [5, 5.41) is 0. The Kier molecular flexibility index (Phi) is 28.0. The van der Waals surface area contributed by atoms with Gasteiger partial charge in [0.1, 0.15) is 23.8 Å². The van der Waals surface area contributed by atoms with E-state index in [1.807, 2.05) is 0 Å². The summed E-state index contributed by atoms with van der Waals surface area (Å²) in [5.74, 6) is -12.3. The van der Waals surface area contributed by atoms with Gasteiger partial charge in [0, 0.05) is 11.1 Å². The van der Waals surface area contributed by atoms with Crippen molar-refractivity contribution in [1.82, 2.24) is 0 Å². The maximum Gasteiger partial charge on any atom is 0.340 e. The molecule has 0 aliphatic rings. The van der Waals surface area contributed by atoms with Crippen molar-refractivity contribution in [2.45, 2.75) is 13.8 Å². The van der Waals surface area contributed by atoms with Crippen LogP contribution in [0.25, 0.3) is 0 Å². The van der Waals surface area contributed by atoms with Crippen LogP contribution in [0.4, 0.5) is 0 Å². The van der Waals surface area contributed by atoms with E-state index in [2.05, 4.69) is 13.2 Å². The monoisotopic (exact) mass is 1340 g/mol. The van der Waals surface area contributed by atoms with Crippen molar-refractivity contribution in [2.75, 3.05) is 57.7 Å². The maximum absolute atomic E-state index is 12.6. The predicted octanol–water partition coefficient (Wildman–Crippen LogP) is 8.39. The lowest BCUT2D eigenvalue weighted by molar-refractivity contribution is -0.148. The van der Waals surface area contributed by atoms with Gasteiger partial charge >= 0.3 is 83.6 Å². The van der Waals surface area contributed by atoms with Gasteiger partial charge in [-0.3, -0.25) is 0 Å². The number of hydrogen-bond acceptors (Lipinski definition) is 30. The third-order valence-corrected chi connectivity index (χ3v) is 13.0. The zero-order valence-electron chi connectivity index (χ0n) is 49.9. The Labute approximate surface area is 546 Å². The molecule has 0 spiro atoms. The highest BCUT2D eigenvalue weighted by atomic mass is 32.2. The molecule has 0 fully saturated rings. The van der Waals surface area contributed by atoms with Crippen molar-refractivity contribution in [2.24, 2.45) is 0 Å². The molecule has 0 saturated carbocycles. The van der Waals surface area contributed by atoms with E-state index in [9.17, 15) is 67.1 Å². The molecule has 6 aromatic carbocycles. The number of thioether (sulfide) groups is 2. The van der Waals surface area contributed by atoms with Gasteiger partial charge in [-0.1, -0.05) is 36.7 Å². The highest BCUT2D eigenvalue weighted by Crippen LogP contribution is 2.17. The summed E-state index contributed by atoms with van der Waals surface area (Å²) >= 11 is 1.92. The van der Waals surface area contributed by atoms with Crippen molar-refractivity contribution in [3.8, 4) is 0 Å². The quantitative estimate of drug-likeness (QED) is 0.0126. The second kappa shape index (κ2) is 36.8. The Morgan fingerprint density at radius 2 is 0.337 bits per heavy atom. The van der Waals surface area contributed by atoms with Crippen molar-refractivity contribution >= 4 is 107 Å². The van der Waals surface area contributed by atoms with Crippen LogP contribution >= 0.6 is 23.5 Å². The third-order valence-electron chi connectivity index (χ3n) is 11.8. The van der Waals surface area contributed by atoms with Crippen LogP contribution in [0.5, 0.6) is 0 Å². The van der Waals surface area contributed by atoms with Crippen LogP contribution in [0.3, 0.4) is 0 Å². The number of rotatable bonds is 32. The molecule has 0 unspecified atom stereocenters. The second-order valence-electron chi connectivity index (χ2n) is 18.5. The molecule has 0 amide bonds. The number of carbonyl (C=O) groups excluding carboxylic acids is 14. The normalized spacial score (nSPS) is 10.3. The molecule has 0 saturated heterocycles. The largest absolute Gasteiger partial charge is 0.451 e. The molecule has 0 atom stereocenters. The molecule has 0 bridgehead atoms. The van der Waals surface area contributed by atoms with Crippen molar-refractivity contribution < 1.29 is 133 Å². The number of ether oxygens (including phenoxy) is 14. The minimum absolute atomic E-state index is 0.00671. The molecule has 0 aliphatic carbocycles. The SMILES string of the molecule is C=C(C)C(=O)OCOC(=O)c1ccc(C(=O)OCOC(=O)c2ccc(C(=O)OCOC(=O)c3ccc(C(=O)OCOC(=O)c4ccc(C(=O)OCSCOC(=O)c5ccc(C(=O)OCSCOC(=O)c6ccc(C(=O)OCOC(=O)C(=C)C)cc6)cc5)cc4)cc3)cc2)cc1. The average molecular weight is 1350 g/mol. The van der Waals surface area contributed by atoms with Gasteiger partial charge in [0.15, 0.2) is 0 Å². The zero-order chi connectivity index (χ0) is 68.8. The molecular formula is C65H52O28S2. The van der Waals surface area contributed by atoms with Crippen LogP contribution in [0.1, 0.15) is 138 Å². The van der Waals surface area contributed by atoms with E-state index in [1.54, 1.807) is 0 Å². The summed E-state index contributed by atoms with van der Waals surface area (Å²) in [6, 6.07) is 30.6. The van der Waals surface area contributed by atoms with Crippen LogP contribution in [0.2, 0.25) is 0 Å². The van der Waals surface area contributed by atoms with Gasteiger partial charge < -0.3 is 66.3 Å². The topological polar surface area (TPSA) is 368 Å². The first kappa shape index (κ1) is 72.1. The molecule has 6 aromatic rings. The van der Waals surface area contributed by atoms with Crippen LogP contribution in [-0.2, 0) is 75.9 Å². The molecule has 0 aliphatic heterocycles. The van der Waals surface area contributed by atoms with E-state index in [-0.39, 0.29) is 102 Å². The first-order valence-corrected chi connectivity index (χ1v) is 29.4. The van der Waals surface area contributed by atoms with E-state index in [4.69, 9.17) is 66.3 Å². The van der Waals surface area contributed by atoms with Gasteiger partial charge in [0.2, 0.25) is 34.0 Å². The van der Waals surface area contributed by atoms with Crippen molar-refractivity contribution in [3.05, 3.63) is 237 Å². The Hall–Kier alpha value is -11.9. The van der Waals surface area contributed by atoms with Gasteiger partial charge in [0.05, 0.1) is 66.8 Å². The van der Waals surface area contributed by atoms with Crippen LogP contribution in [0.15, 0.2) is 170 Å². The average Bonchev–Trinajstić information content (AvgIpc) is 1.14. The summed E-state index contributed by atoms with van der Waals surface area (Å²) in [5.41, 5.74) is 0.653. The van der Waals surface area contributed by atoms with Crippen LogP contribution < -0.4 is 0 Å². The first-order valence-electron chi connectivity index (χ1n) is 27.0. The first-order chi connectivity index (χ1) is 45.6. The summed E-state index contributed by atoms with van der Waals surface area (Å²) < 4.78 is 69.6. The van der Waals surface area contributed by atoms with Crippen molar-refractivity contribution in [1.29, 1.82) is 0 Å². The number of hydrogen-bond donors (Lipinski definition) is 0. The smallest absolute Gasteiger partial charge is 0.340 e. The van der Waals surface area contributed by atoms with E-state index < -0.39 is 118 Å². The fraction of sp³-hybridized carbons (Fsp3) is 0.169. The lowest BCUT2D eigenvalue weighted by Crippen LogP contribution is -2.15. The molecule has 6 rings (SSSR count). The van der Waals surface area contributed by atoms with Gasteiger partial charge in [-0.25, -0.2) is 67.1 Å². The minimum Gasteiger partial charge on any atom is -0.451 e. The summed E-state index contributed by atoms with van der Waals surface area (Å²) in [6.07, 6.45) is 0. The molecule has 30 heteroatoms. The van der Waals surface area contributed by atoms with E-state index in [0.717, 1.165) is 23.5 Å². The highest BCUT2D eigenvalue weighted by molar-refractivity contribution is 7.99. The van der Waals surface area contributed by atoms with Crippen LogP contribution in [-0.4, -0.2) is 141 Å². The summed E-state index contributed by atoms with van der Waals surface area (Å²) in [6.45, 7) is 6.01. The molecule has 492 valence electrons. The lowest BCUT2D eigenvalue weighted by atomic mass is 10.1. The fourth-order valence-electron chi connectivity index (χ4n) is 6.83.